The van der Waals surface area contributed by atoms with Gasteiger partial charge in [0.05, 0.1) is 12.2 Å². The van der Waals surface area contributed by atoms with Crippen LogP contribution in [0.3, 0.4) is 0 Å². The van der Waals surface area contributed by atoms with Crippen molar-refractivity contribution in [2.45, 2.75) is 25.0 Å². The van der Waals surface area contributed by atoms with E-state index in [1.807, 2.05) is 0 Å². The number of nitrogens with one attached hydrogen (secondary N) is 1. The van der Waals surface area contributed by atoms with Crippen molar-refractivity contribution in [1.82, 2.24) is 5.32 Å². The average molecular weight is 305 g/mol. The van der Waals surface area contributed by atoms with Gasteiger partial charge >= 0.3 is 0 Å². The summed E-state index contributed by atoms with van der Waals surface area (Å²) < 4.78 is 7.18. The minimum absolute atomic E-state index is 0. The van der Waals surface area contributed by atoms with Crippen molar-refractivity contribution in [3.63, 3.8) is 0 Å². The van der Waals surface area contributed by atoms with Gasteiger partial charge in [-0.2, -0.15) is 0 Å². The zero-order valence-electron chi connectivity index (χ0n) is 9.13. The molecule has 0 aliphatic carbocycles. The number of hydrogen-bond donors (Lipinski definition) is 1. The molecule has 0 radical (unpaired) electrons. The zero-order chi connectivity index (χ0) is 10.5. The molecule has 4 heteroatoms. The first-order valence-corrected chi connectivity index (χ1v) is 6.12. The van der Waals surface area contributed by atoms with Crippen molar-refractivity contribution in [3.05, 3.63) is 33.8 Å². The minimum atomic E-state index is -0.00616. The maximum absolute atomic E-state index is 6.00. The van der Waals surface area contributed by atoms with E-state index in [4.69, 9.17) is 4.74 Å². The maximum Gasteiger partial charge on any atom is 0.0863 e. The van der Waals surface area contributed by atoms with Gasteiger partial charge in [-0.3, -0.25) is 0 Å². The first-order chi connectivity index (χ1) is 7.21. The van der Waals surface area contributed by atoms with E-state index < -0.39 is 0 Å². The van der Waals surface area contributed by atoms with E-state index in [9.17, 15) is 0 Å². The smallest absolute Gasteiger partial charge is 0.0863 e. The quantitative estimate of drug-likeness (QED) is 0.796. The molecule has 0 amide bonds. The molecule has 0 saturated carbocycles. The van der Waals surface area contributed by atoms with E-state index in [-0.39, 0.29) is 18.0 Å². The molecular formula is C12H15BrClNO. The predicted molar refractivity (Wildman–Crippen MR) is 70.2 cm³/mol. The third kappa shape index (κ3) is 1.70. The molecule has 0 aromatic heterocycles. The second-order valence-electron chi connectivity index (χ2n) is 4.59. The Labute approximate surface area is 110 Å². The summed E-state index contributed by atoms with van der Waals surface area (Å²) in [6, 6.07) is 6.44. The summed E-state index contributed by atoms with van der Waals surface area (Å²) in [7, 11) is 0. The van der Waals surface area contributed by atoms with Gasteiger partial charge in [0.1, 0.15) is 0 Å². The van der Waals surface area contributed by atoms with Crippen LogP contribution in [-0.2, 0) is 11.3 Å². The Bertz CT molecular complexity index is 412. The van der Waals surface area contributed by atoms with Crippen LogP contribution in [0.25, 0.3) is 0 Å². The standard InChI is InChI=1S/C12H14BrNO.ClH/c1-12-7-14-5-10(12)8-3-2-4-11(13)9(8)6-15-12;/h2-4,10,14H,5-7H2,1H3;1H. The van der Waals surface area contributed by atoms with Gasteiger partial charge < -0.3 is 10.1 Å². The molecule has 1 N–H and O–H groups in total. The van der Waals surface area contributed by atoms with Crippen molar-refractivity contribution in [2.24, 2.45) is 0 Å². The molecule has 16 heavy (non-hydrogen) atoms. The normalized spacial score (nSPS) is 31.5. The predicted octanol–water partition coefficient (Wildman–Crippen LogP) is 2.85. The van der Waals surface area contributed by atoms with Crippen molar-refractivity contribution in [1.29, 1.82) is 0 Å². The fourth-order valence-electron chi connectivity index (χ4n) is 2.69. The van der Waals surface area contributed by atoms with Crippen LogP contribution in [-0.4, -0.2) is 18.7 Å². The zero-order valence-corrected chi connectivity index (χ0v) is 11.5. The lowest BCUT2D eigenvalue weighted by Gasteiger charge is -2.37. The Morgan fingerprint density at radius 2 is 2.31 bits per heavy atom. The number of halogens is 2. The molecule has 2 heterocycles. The van der Waals surface area contributed by atoms with E-state index in [0.717, 1.165) is 19.7 Å². The fourth-order valence-corrected chi connectivity index (χ4v) is 3.18. The van der Waals surface area contributed by atoms with Crippen LogP contribution in [0, 0.1) is 0 Å². The Hall–Kier alpha value is -0.0900. The lowest BCUT2D eigenvalue weighted by Crippen LogP contribution is -2.39. The Kier molecular flexibility index (Phi) is 3.32. The second kappa shape index (κ2) is 4.30. The number of benzene rings is 1. The molecule has 1 aromatic rings. The second-order valence-corrected chi connectivity index (χ2v) is 5.45. The Morgan fingerprint density at radius 3 is 3.12 bits per heavy atom. The highest BCUT2D eigenvalue weighted by Crippen LogP contribution is 2.42. The van der Waals surface area contributed by atoms with Gasteiger partial charge in [-0.1, -0.05) is 28.1 Å². The summed E-state index contributed by atoms with van der Waals surface area (Å²) in [4.78, 5) is 0. The minimum Gasteiger partial charge on any atom is -0.369 e. The first-order valence-electron chi connectivity index (χ1n) is 5.33. The first kappa shape index (κ1) is 12.4. The van der Waals surface area contributed by atoms with E-state index in [1.165, 1.54) is 15.6 Å². The molecule has 2 atom stereocenters. The van der Waals surface area contributed by atoms with Gasteiger partial charge in [0, 0.05) is 23.5 Å². The van der Waals surface area contributed by atoms with Crippen molar-refractivity contribution < 1.29 is 4.74 Å². The number of hydrogen-bond acceptors (Lipinski definition) is 2. The van der Waals surface area contributed by atoms with Gasteiger partial charge in [0.15, 0.2) is 0 Å². The molecular weight excluding hydrogens is 289 g/mol. The van der Waals surface area contributed by atoms with Crippen molar-refractivity contribution in [3.8, 4) is 0 Å². The third-order valence-corrected chi connectivity index (χ3v) is 4.38. The van der Waals surface area contributed by atoms with Crippen LogP contribution in [0.1, 0.15) is 24.0 Å². The summed E-state index contributed by atoms with van der Waals surface area (Å²) in [5, 5.41) is 3.42. The van der Waals surface area contributed by atoms with E-state index in [2.05, 4.69) is 46.4 Å². The summed E-state index contributed by atoms with van der Waals surface area (Å²) >= 11 is 3.60. The van der Waals surface area contributed by atoms with Crippen LogP contribution in [0.2, 0.25) is 0 Å². The molecule has 1 fully saturated rings. The summed E-state index contributed by atoms with van der Waals surface area (Å²) in [5.41, 5.74) is 2.76. The van der Waals surface area contributed by atoms with Crippen molar-refractivity contribution in [2.75, 3.05) is 13.1 Å². The highest BCUT2D eigenvalue weighted by atomic mass is 79.9. The summed E-state index contributed by atoms with van der Waals surface area (Å²) in [6.07, 6.45) is 0. The van der Waals surface area contributed by atoms with Crippen LogP contribution in [0.5, 0.6) is 0 Å². The van der Waals surface area contributed by atoms with E-state index in [0.29, 0.717) is 5.92 Å². The van der Waals surface area contributed by atoms with E-state index >= 15 is 0 Å². The number of rotatable bonds is 0. The third-order valence-electron chi connectivity index (χ3n) is 3.64. The summed E-state index contributed by atoms with van der Waals surface area (Å²) in [6.45, 7) is 4.93. The molecule has 1 aromatic carbocycles. The molecule has 0 bridgehead atoms. The van der Waals surface area contributed by atoms with Gasteiger partial charge in [-0.25, -0.2) is 0 Å². The molecule has 88 valence electrons. The van der Waals surface area contributed by atoms with Crippen molar-refractivity contribution >= 4 is 28.3 Å². The number of ether oxygens (including phenoxy) is 1. The van der Waals surface area contributed by atoms with E-state index in [1.54, 1.807) is 0 Å². The van der Waals surface area contributed by atoms with Gasteiger partial charge in [-0.15, -0.1) is 12.4 Å². The molecule has 2 nitrogen and oxygen atoms in total. The molecule has 2 aliphatic heterocycles. The highest BCUT2D eigenvalue weighted by molar-refractivity contribution is 9.10. The monoisotopic (exact) mass is 303 g/mol. The van der Waals surface area contributed by atoms with Crippen LogP contribution in [0.15, 0.2) is 22.7 Å². The van der Waals surface area contributed by atoms with Crippen LogP contribution >= 0.6 is 28.3 Å². The molecule has 2 unspecified atom stereocenters. The maximum atomic E-state index is 6.00. The van der Waals surface area contributed by atoms with Crippen LogP contribution in [0.4, 0.5) is 0 Å². The molecule has 1 saturated heterocycles. The number of fused-ring (bicyclic) bond motifs is 3. The topological polar surface area (TPSA) is 21.3 Å². The molecule has 3 rings (SSSR count). The lowest BCUT2D eigenvalue weighted by molar-refractivity contribution is -0.0520. The average Bonchev–Trinajstić information content (AvgIpc) is 2.60. The van der Waals surface area contributed by atoms with Crippen LogP contribution < -0.4 is 5.32 Å². The lowest BCUT2D eigenvalue weighted by atomic mass is 9.82. The van der Waals surface area contributed by atoms with Gasteiger partial charge in [-0.05, 0) is 24.1 Å². The largest absolute Gasteiger partial charge is 0.369 e. The van der Waals surface area contributed by atoms with Gasteiger partial charge in [0.25, 0.3) is 0 Å². The van der Waals surface area contributed by atoms with Gasteiger partial charge in [0.2, 0.25) is 0 Å². The SMILES string of the molecule is CC12CNCC1c1cccc(Br)c1CO2.Cl. The Balaban J connectivity index is 0.000000963. The summed E-state index contributed by atoms with van der Waals surface area (Å²) in [5.74, 6) is 0.499. The molecule has 2 aliphatic rings. The Morgan fingerprint density at radius 1 is 1.50 bits per heavy atom. The molecule has 0 spiro atoms. The highest BCUT2D eigenvalue weighted by Gasteiger charge is 2.44. The fraction of sp³-hybridized carbons (Fsp3) is 0.500.